The maximum Gasteiger partial charge on any atom is 0.272 e. The number of rotatable bonds is 8. The predicted molar refractivity (Wildman–Crippen MR) is 133 cm³/mol. The number of hydrogen-bond acceptors (Lipinski definition) is 7. The van der Waals surface area contributed by atoms with Gasteiger partial charge in [0.15, 0.2) is 16.7 Å². The van der Waals surface area contributed by atoms with E-state index in [0.717, 1.165) is 5.56 Å². The Kier molecular flexibility index (Phi) is 7.22. The van der Waals surface area contributed by atoms with Gasteiger partial charge >= 0.3 is 0 Å². The molecule has 0 aliphatic rings. The Labute approximate surface area is 203 Å². The van der Waals surface area contributed by atoms with Gasteiger partial charge in [0.05, 0.1) is 32.0 Å². The number of methoxy groups -OCH3 is 2. The van der Waals surface area contributed by atoms with Crippen LogP contribution < -0.4 is 20.3 Å². The molecule has 1 N–H and O–H groups in total. The van der Waals surface area contributed by atoms with E-state index in [9.17, 15) is 9.59 Å². The van der Waals surface area contributed by atoms with E-state index in [4.69, 9.17) is 21.1 Å². The van der Waals surface area contributed by atoms with Crippen molar-refractivity contribution in [2.24, 2.45) is 0 Å². The van der Waals surface area contributed by atoms with Gasteiger partial charge in [-0.25, -0.2) is 4.98 Å². The molecule has 0 atom stereocenters. The normalized spacial score (nSPS) is 10.9. The summed E-state index contributed by atoms with van der Waals surface area (Å²) in [5, 5.41) is 5.68. The largest absolute Gasteiger partial charge is 0.493 e. The third-order valence-electron chi connectivity index (χ3n) is 4.82. The van der Waals surface area contributed by atoms with Crippen LogP contribution in [0.25, 0.3) is 10.2 Å². The zero-order valence-corrected chi connectivity index (χ0v) is 20.2. The average Bonchev–Trinajstić information content (AvgIpc) is 3.30. The molecule has 2 aromatic heterocycles. The molecular weight excluding hydrogens is 482 g/mol. The molecular formula is C23H20ClN3O4S2. The van der Waals surface area contributed by atoms with Crippen LogP contribution in [0.4, 0.5) is 5.69 Å². The Morgan fingerprint density at radius 3 is 2.70 bits per heavy atom. The van der Waals surface area contributed by atoms with Crippen LogP contribution in [0.3, 0.4) is 0 Å². The van der Waals surface area contributed by atoms with Crippen molar-refractivity contribution in [3.8, 4) is 11.5 Å². The number of fused-ring (bicyclic) bond motifs is 1. The standard InChI is InChI=1S/C23H20ClN3O4S2/c1-30-18-8-7-15(11-19(18)31-2)25-20(28)13-33-23-26-17-9-10-32-21(17)22(29)27(23)12-14-5-3-4-6-16(14)24/h3-11H,12-13H2,1-2H3,(H,25,28). The molecule has 0 bridgehead atoms. The van der Waals surface area contributed by atoms with Crippen LogP contribution in [-0.2, 0) is 11.3 Å². The maximum absolute atomic E-state index is 13.1. The van der Waals surface area contributed by atoms with E-state index in [1.165, 1.54) is 30.2 Å². The molecule has 10 heteroatoms. The smallest absolute Gasteiger partial charge is 0.272 e. The summed E-state index contributed by atoms with van der Waals surface area (Å²) in [5.41, 5.74) is 1.84. The van der Waals surface area contributed by atoms with Crippen LogP contribution in [0.15, 0.2) is 63.9 Å². The molecule has 0 aliphatic carbocycles. The Balaban J connectivity index is 1.56. The fourth-order valence-electron chi connectivity index (χ4n) is 3.21. The van der Waals surface area contributed by atoms with Crippen molar-refractivity contribution in [2.75, 3.05) is 25.3 Å². The van der Waals surface area contributed by atoms with Crippen molar-refractivity contribution in [3.63, 3.8) is 0 Å². The van der Waals surface area contributed by atoms with Crippen molar-refractivity contribution in [1.29, 1.82) is 0 Å². The second-order valence-electron chi connectivity index (χ2n) is 6.92. The molecule has 0 spiro atoms. The highest BCUT2D eigenvalue weighted by Gasteiger charge is 2.16. The van der Waals surface area contributed by atoms with Gasteiger partial charge in [-0.3, -0.25) is 14.2 Å². The lowest BCUT2D eigenvalue weighted by molar-refractivity contribution is -0.113. The summed E-state index contributed by atoms with van der Waals surface area (Å²) in [6, 6.07) is 14.3. The minimum atomic E-state index is -0.240. The van der Waals surface area contributed by atoms with E-state index >= 15 is 0 Å². The van der Waals surface area contributed by atoms with Crippen LogP contribution in [0.5, 0.6) is 11.5 Å². The number of benzene rings is 2. The van der Waals surface area contributed by atoms with Gasteiger partial charge in [-0.05, 0) is 35.2 Å². The molecule has 170 valence electrons. The summed E-state index contributed by atoms with van der Waals surface area (Å²) in [6.07, 6.45) is 0. The number of nitrogens with zero attached hydrogens (tertiary/aromatic N) is 2. The Bertz CT molecular complexity index is 1370. The number of aromatic nitrogens is 2. The molecule has 4 aromatic rings. The summed E-state index contributed by atoms with van der Waals surface area (Å²) in [5.74, 6) is 0.915. The summed E-state index contributed by atoms with van der Waals surface area (Å²) in [7, 11) is 3.08. The summed E-state index contributed by atoms with van der Waals surface area (Å²) in [6.45, 7) is 0.263. The monoisotopic (exact) mass is 501 g/mol. The summed E-state index contributed by atoms with van der Waals surface area (Å²) >= 11 is 8.86. The predicted octanol–water partition coefficient (Wildman–Crippen LogP) is 4.91. The first-order chi connectivity index (χ1) is 16.0. The summed E-state index contributed by atoms with van der Waals surface area (Å²) in [4.78, 5) is 30.4. The van der Waals surface area contributed by atoms with E-state index in [1.807, 2.05) is 23.6 Å². The average molecular weight is 502 g/mol. The molecule has 2 heterocycles. The zero-order chi connectivity index (χ0) is 23.4. The molecule has 33 heavy (non-hydrogen) atoms. The van der Waals surface area contributed by atoms with E-state index in [2.05, 4.69) is 10.3 Å². The molecule has 7 nitrogen and oxygen atoms in total. The van der Waals surface area contributed by atoms with Crippen LogP contribution in [-0.4, -0.2) is 35.4 Å². The van der Waals surface area contributed by atoms with E-state index in [0.29, 0.717) is 37.6 Å². The lowest BCUT2D eigenvalue weighted by Gasteiger charge is -2.13. The van der Waals surface area contributed by atoms with Crippen LogP contribution in [0.2, 0.25) is 5.02 Å². The second kappa shape index (κ2) is 10.3. The molecule has 0 radical (unpaired) electrons. The van der Waals surface area contributed by atoms with Gasteiger partial charge in [-0.1, -0.05) is 41.6 Å². The first-order valence-corrected chi connectivity index (χ1v) is 12.1. The van der Waals surface area contributed by atoms with E-state index < -0.39 is 0 Å². The Morgan fingerprint density at radius 1 is 1.15 bits per heavy atom. The van der Waals surface area contributed by atoms with Gasteiger partial charge in [-0.2, -0.15) is 0 Å². The second-order valence-corrected chi connectivity index (χ2v) is 9.18. The molecule has 0 fully saturated rings. The van der Waals surface area contributed by atoms with Crippen molar-refractivity contribution in [3.05, 3.63) is 74.9 Å². The molecule has 0 saturated carbocycles. The maximum atomic E-state index is 13.1. The quantitative estimate of drug-likeness (QED) is 0.273. The summed E-state index contributed by atoms with van der Waals surface area (Å²) < 4.78 is 12.6. The number of halogens is 1. The third-order valence-corrected chi connectivity index (χ3v) is 7.05. The molecule has 1 amide bonds. The van der Waals surface area contributed by atoms with Crippen molar-refractivity contribution in [1.82, 2.24) is 9.55 Å². The lowest BCUT2D eigenvalue weighted by Crippen LogP contribution is -2.24. The number of amides is 1. The Hall–Kier alpha value is -3.01. The van der Waals surface area contributed by atoms with Crippen molar-refractivity contribution >= 4 is 56.5 Å². The topological polar surface area (TPSA) is 82.5 Å². The van der Waals surface area contributed by atoms with Gasteiger partial charge in [0.2, 0.25) is 5.91 Å². The number of hydrogen-bond donors (Lipinski definition) is 1. The highest BCUT2D eigenvalue weighted by atomic mass is 35.5. The van der Waals surface area contributed by atoms with Crippen molar-refractivity contribution < 1.29 is 14.3 Å². The zero-order valence-electron chi connectivity index (χ0n) is 17.8. The lowest BCUT2D eigenvalue weighted by atomic mass is 10.2. The minimum Gasteiger partial charge on any atom is -0.493 e. The number of ether oxygens (including phenoxy) is 2. The number of thioether (sulfide) groups is 1. The third kappa shape index (κ3) is 5.16. The van der Waals surface area contributed by atoms with E-state index in [1.54, 1.807) is 42.0 Å². The first kappa shape index (κ1) is 23.2. The van der Waals surface area contributed by atoms with Gasteiger partial charge < -0.3 is 14.8 Å². The van der Waals surface area contributed by atoms with E-state index in [-0.39, 0.29) is 23.8 Å². The van der Waals surface area contributed by atoms with Crippen LogP contribution in [0, 0.1) is 0 Å². The first-order valence-electron chi connectivity index (χ1n) is 9.86. The molecule has 0 aliphatic heterocycles. The number of thiophene rings is 1. The van der Waals surface area contributed by atoms with Gasteiger partial charge in [0, 0.05) is 16.8 Å². The molecule has 0 unspecified atom stereocenters. The number of nitrogens with one attached hydrogen (secondary N) is 1. The Morgan fingerprint density at radius 2 is 1.94 bits per heavy atom. The van der Waals surface area contributed by atoms with Crippen molar-refractivity contribution in [2.45, 2.75) is 11.7 Å². The van der Waals surface area contributed by atoms with Gasteiger partial charge in [-0.15, -0.1) is 11.3 Å². The number of anilines is 1. The van der Waals surface area contributed by atoms with Crippen LogP contribution >= 0.6 is 34.7 Å². The highest BCUT2D eigenvalue weighted by Crippen LogP contribution is 2.30. The fraction of sp³-hybridized carbons (Fsp3) is 0.174. The van der Waals surface area contributed by atoms with Gasteiger partial charge in [0.25, 0.3) is 5.56 Å². The van der Waals surface area contributed by atoms with Gasteiger partial charge in [0.1, 0.15) is 4.70 Å². The molecule has 0 saturated heterocycles. The minimum absolute atomic E-state index is 0.0684. The molecule has 2 aromatic carbocycles. The number of carbonyl (C=O) groups is 1. The number of carbonyl (C=O) groups excluding carboxylic acids is 1. The fourth-order valence-corrected chi connectivity index (χ4v) is 4.98. The SMILES string of the molecule is COc1ccc(NC(=O)CSc2nc3ccsc3c(=O)n2Cc2ccccc2Cl)cc1OC. The highest BCUT2D eigenvalue weighted by molar-refractivity contribution is 7.99. The molecule has 4 rings (SSSR count). The van der Waals surface area contributed by atoms with Crippen LogP contribution in [0.1, 0.15) is 5.56 Å².